The summed E-state index contributed by atoms with van der Waals surface area (Å²) in [6, 6.07) is 15.3. The summed E-state index contributed by atoms with van der Waals surface area (Å²) in [6.45, 7) is 11.8. The van der Waals surface area contributed by atoms with Gasteiger partial charge in [0.1, 0.15) is 0 Å². The average molecular weight is 311 g/mol. The molecule has 0 radical (unpaired) electrons. The molecule has 0 bridgehead atoms. The number of benzene rings is 2. The first-order valence-corrected chi connectivity index (χ1v) is 8.86. The van der Waals surface area contributed by atoms with Gasteiger partial charge in [-0.05, 0) is 34.6 Å². The second kappa shape index (κ2) is 5.34. The molecule has 0 amide bonds. The van der Waals surface area contributed by atoms with Gasteiger partial charge in [0.05, 0.1) is 11.4 Å². The Kier molecular flexibility index (Phi) is 3.76. The van der Waals surface area contributed by atoms with E-state index >= 15 is 0 Å². The maximum atomic E-state index is 3.69. The molecule has 2 heteroatoms. The Hall–Kier alpha value is -1.41. The third-order valence-electron chi connectivity index (χ3n) is 5.64. The van der Waals surface area contributed by atoms with Gasteiger partial charge in [0, 0.05) is 9.79 Å². The minimum Gasteiger partial charge on any atom is -0.353 e. The maximum Gasteiger partial charge on any atom is 0.0564 e. The lowest BCUT2D eigenvalue weighted by Gasteiger charge is -2.43. The quantitative estimate of drug-likeness (QED) is 0.584. The van der Waals surface area contributed by atoms with Crippen molar-refractivity contribution < 1.29 is 0 Å². The van der Waals surface area contributed by atoms with E-state index in [0.29, 0.717) is 0 Å². The lowest BCUT2D eigenvalue weighted by Crippen LogP contribution is -2.36. The molecule has 2 aromatic rings. The van der Waals surface area contributed by atoms with Gasteiger partial charge in [0.25, 0.3) is 0 Å². The van der Waals surface area contributed by atoms with E-state index in [-0.39, 0.29) is 10.8 Å². The van der Waals surface area contributed by atoms with Gasteiger partial charge < -0.3 is 5.32 Å². The summed E-state index contributed by atoms with van der Waals surface area (Å²) in [5.41, 5.74) is 4.27. The smallest absolute Gasteiger partial charge is 0.0564 e. The molecule has 3 rings (SSSR count). The van der Waals surface area contributed by atoms with Crippen LogP contribution in [-0.2, 0) is 5.41 Å². The van der Waals surface area contributed by atoms with Crippen LogP contribution in [0.3, 0.4) is 0 Å². The van der Waals surface area contributed by atoms with Crippen LogP contribution in [0.4, 0.5) is 11.4 Å². The summed E-state index contributed by atoms with van der Waals surface area (Å²) >= 11 is 1.87. The molecule has 2 aromatic carbocycles. The van der Waals surface area contributed by atoms with Crippen molar-refractivity contribution in [2.24, 2.45) is 5.41 Å². The Labute approximate surface area is 138 Å². The molecule has 0 saturated heterocycles. The number of anilines is 2. The molecule has 1 aliphatic heterocycles. The summed E-state index contributed by atoms with van der Waals surface area (Å²) in [5.74, 6) is 0. The van der Waals surface area contributed by atoms with Crippen molar-refractivity contribution in [2.75, 3.05) is 5.32 Å². The fourth-order valence-electron chi connectivity index (χ4n) is 2.98. The largest absolute Gasteiger partial charge is 0.353 e. The minimum atomic E-state index is 0.104. The molecule has 0 aromatic heterocycles. The Balaban J connectivity index is 2.11. The Morgan fingerprint density at radius 2 is 1.59 bits per heavy atom. The molecule has 0 saturated carbocycles. The monoisotopic (exact) mass is 311 g/mol. The zero-order valence-electron chi connectivity index (χ0n) is 14.2. The molecule has 1 nitrogen and oxygen atoms in total. The van der Waals surface area contributed by atoms with E-state index in [1.807, 2.05) is 11.8 Å². The predicted octanol–water partition coefficient (Wildman–Crippen LogP) is 6.61. The van der Waals surface area contributed by atoms with Crippen LogP contribution in [0.5, 0.6) is 0 Å². The highest BCUT2D eigenvalue weighted by Crippen LogP contribution is 2.52. The molecular formula is C20H25NS. The van der Waals surface area contributed by atoms with Gasteiger partial charge >= 0.3 is 0 Å². The maximum absolute atomic E-state index is 3.69. The molecule has 1 N–H and O–H groups in total. The number of para-hydroxylation sites is 2. The van der Waals surface area contributed by atoms with Gasteiger partial charge in [-0.2, -0.15) is 0 Å². The van der Waals surface area contributed by atoms with Gasteiger partial charge in [-0.1, -0.05) is 77.1 Å². The predicted molar refractivity (Wildman–Crippen MR) is 97.4 cm³/mol. The van der Waals surface area contributed by atoms with Crippen molar-refractivity contribution in [3.8, 4) is 0 Å². The second-order valence-electron chi connectivity index (χ2n) is 7.26. The Morgan fingerprint density at radius 3 is 2.32 bits per heavy atom. The number of fused-ring (bicyclic) bond motifs is 2. The Morgan fingerprint density at radius 1 is 0.909 bits per heavy atom. The standard InChI is InChI=1S/C20H25NS/c1-6-19(2,3)20(4,5)14-10-9-13-17-18(14)21-15-11-7-8-12-16(15)22-17/h7-13,21H,6H2,1-5H3. The third kappa shape index (κ3) is 2.34. The zero-order valence-corrected chi connectivity index (χ0v) is 15.0. The normalized spacial score (nSPS) is 14.0. The Bertz CT molecular complexity index is 701. The minimum absolute atomic E-state index is 0.104. The number of rotatable bonds is 3. The van der Waals surface area contributed by atoms with E-state index in [1.165, 1.54) is 26.7 Å². The van der Waals surface area contributed by atoms with Gasteiger partial charge in [0.15, 0.2) is 0 Å². The molecular weight excluding hydrogens is 286 g/mol. The molecule has 1 aliphatic rings. The van der Waals surface area contributed by atoms with Crippen molar-refractivity contribution in [3.05, 3.63) is 48.0 Å². The van der Waals surface area contributed by atoms with Crippen LogP contribution in [0.15, 0.2) is 52.3 Å². The van der Waals surface area contributed by atoms with Crippen LogP contribution in [0, 0.1) is 5.41 Å². The molecule has 22 heavy (non-hydrogen) atoms. The number of nitrogens with one attached hydrogen (secondary N) is 1. The molecule has 1 heterocycles. The molecule has 0 atom stereocenters. The SMILES string of the molecule is CCC(C)(C)C(C)(C)c1cccc2c1Nc1ccccc1S2. The zero-order chi connectivity index (χ0) is 16.0. The third-order valence-corrected chi connectivity index (χ3v) is 6.78. The van der Waals surface area contributed by atoms with E-state index < -0.39 is 0 Å². The lowest BCUT2D eigenvalue weighted by atomic mass is 9.62. The van der Waals surface area contributed by atoms with E-state index in [9.17, 15) is 0 Å². The first-order valence-electron chi connectivity index (χ1n) is 8.04. The van der Waals surface area contributed by atoms with Crippen LogP contribution in [0.25, 0.3) is 0 Å². The van der Waals surface area contributed by atoms with Gasteiger partial charge in [-0.25, -0.2) is 0 Å². The molecule has 0 aliphatic carbocycles. The fourth-order valence-corrected chi connectivity index (χ4v) is 4.01. The van der Waals surface area contributed by atoms with Crippen LogP contribution in [0.1, 0.15) is 46.6 Å². The summed E-state index contributed by atoms with van der Waals surface area (Å²) in [6.07, 6.45) is 1.16. The summed E-state index contributed by atoms with van der Waals surface area (Å²) in [7, 11) is 0. The van der Waals surface area contributed by atoms with E-state index in [0.717, 1.165) is 6.42 Å². The number of hydrogen-bond donors (Lipinski definition) is 1. The fraction of sp³-hybridized carbons (Fsp3) is 0.400. The van der Waals surface area contributed by atoms with E-state index in [2.05, 4.69) is 82.4 Å². The van der Waals surface area contributed by atoms with Crippen molar-refractivity contribution in [2.45, 2.75) is 56.2 Å². The second-order valence-corrected chi connectivity index (χ2v) is 8.35. The average Bonchev–Trinajstić information content (AvgIpc) is 2.52. The number of hydrogen-bond acceptors (Lipinski definition) is 2. The molecule has 0 spiro atoms. The van der Waals surface area contributed by atoms with Crippen LogP contribution >= 0.6 is 11.8 Å². The van der Waals surface area contributed by atoms with E-state index in [4.69, 9.17) is 0 Å². The van der Waals surface area contributed by atoms with Crippen molar-refractivity contribution in [3.63, 3.8) is 0 Å². The first-order chi connectivity index (χ1) is 10.4. The van der Waals surface area contributed by atoms with Crippen molar-refractivity contribution >= 4 is 23.1 Å². The molecule has 0 unspecified atom stereocenters. The summed E-state index contributed by atoms with van der Waals surface area (Å²) in [4.78, 5) is 2.64. The topological polar surface area (TPSA) is 12.0 Å². The van der Waals surface area contributed by atoms with Crippen molar-refractivity contribution in [1.29, 1.82) is 0 Å². The van der Waals surface area contributed by atoms with Crippen molar-refractivity contribution in [1.82, 2.24) is 0 Å². The van der Waals surface area contributed by atoms with Crippen LogP contribution in [-0.4, -0.2) is 0 Å². The summed E-state index contributed by atoms with van der Waals surface area (Å²) < 4.78 is 0. The van der Waals surface area contributed by atoms with Gasteiger partial charge in [0.2, 0.25) is 0 Å². The highest BCUT2D eigenvalue weighted by Gasteiger charge is 2.39. The molecule has 116 valence electrons. The first kappa shape index (κ1) is 15.5. The lowest BCUT2D eigenvalue weighted by molar-refractivity contribution is 0.189. The van der Waals surface area contributed by atoms with Crippen LogP contribution in [0.2, 0.25) is 0 Å². The summed E-state index contributed by atoms with van der Waals surface area (Å²) in [5, 5.41) is 3.69. The highest BCUT2D eigenvalue weighted by molar-refractivity contribution is 7.99. The van der Waals surface area contributed by atoms with Gasteiger partial charge in [-0.15, -0.1) is 0 Å². The van der Waals surface area contributed by atoms with Crippen LogP contribution < -0.4 is 5.32 Å². The van der Waals surface area contributed by atoms with E-state index in [1.54, 1.807) is 0 Å². The highest BCUT2D eigenvalue weighted by atomic mass is 32.2. The van der Waals surface area contributed by atoms with Gasteiger partial charge in [-0.3, -0.25) is 0 Å². The molecule has 0 fully saturated rings.